The van der Waals surface area contributed by atoms with Gasteiger partial charge in [0.2, 0.25) is 0 Å². The molecule has 1 aliphatic rings. The van der Waals surface area contributed by atoms with Crippen LogP contribution in [0.25, 0.3) is 0 Å². The number of aromatic nitrogens is 2. The van der Waals surface area contributed by atoms with Gasteiger partial charge in [-0.15, -0.1) is 0 Å². The highest BCUT2D eigenvalue weighted by molar-refractivity contribution is 6.66. The van der Waals surface area contributed by atoms with Crippen molar-refractivity contribution in [2.24, 2.45) is 5.92 Å². The number of carbonyl (C=O) groups is 1. The van der Waals surface area contributed by atoms with E-state index in [4.69, 9.17) is 16.9 Å². The maximum absolute atomic E-state index is 12.0. The topological polar surface area (TPSA) is 61.9 Å². The van der Waals surface area contributed by atoms with E-state index >= 15 is 0 Å². The summed E-state index contributed by atoms with van der Waals surface area (Å²) in [7, 11) is 0. The molecule has 6 heteroatoms. The van der Waals surface area contributed by atoms with Crippen LogP contribution in [0.1, 0.15) is 42.5 Å². The molecule has 1 heterocycles. The summed E-state index contributed by atoms with van der Waals surface area (Å²) in [4.78, 5) is 13.5. The van der Waals surface area contributed by atoms with E-state index in [1.54, 1.807) is 24.4 Å². The van der Waals surface area contributed by atoms with Crippen LogP contribution in [0.3, 0.4) is 0 Å². The van der Waals surface area contributed by atoms with Gasteiger partial charge in [0.25, 0.3) is 0 Å². The lowest BCUT2D eigenvalue weighted by atomic mass is 10.1. The molecule has 1 fully saturated rings. The number of hydrogen-bond donors (Lipinski definition) is 0. The van der Waals surface area contributed by atoms with Crippen molar-refractivity contribution >= 4 is 22.7 Å². The standard InChI is InChI=1S/C19H21ClN4O/c1-14-18(11-22-24(14)13-15-5-2-3-6-15)23(19(20)25)12-17-8-4-7-16(9-17)10-21/h4,7-9,11,15H,2-3,5-6,12-13H2,1H3. The summed E-state index contributed by atoms with van der Waals surface area (Å²) in [5.74, 6) is 0.666. The minimum atomic E-state index is -0.550. The van der Waals surface area contributed by atoms with Crippen molar-refractivity contribution in [3.63, 3.8) is 0 Å². The summed E-state index contributed by atoms with van der Waals surface area (Å²) < 4.78 is 1.98. The first kappa shape index (κ1) is 17.5. The summed E-state index contributed by atoms with van der Waals surface area (Å²) in [6, 6.07) is 9.31. The molecule has 0 atom stereocenters. The summed E-state index contributed by atoms with van der Waals surface area (Å²) in [6.45, 7) is 3.17. The molecule has 0 N–H and O–H groups in total. The first-order valence-corrected chi connectivity index (χ1v) is 8.94. The van der Waals surface area contributed by atoms with E-state index in [2.05, 4.69) is 11.2 Å². The predicted molar refractivity (Wildman–Crippen MR) is 97.5 cm³/mol. The summed E-state index contributed by atoms with van der Waals surface area (Å²) >= 11 is 5.84. The van der Waals surface area contributed by atoms with Crippen molar-refractivity contribution in [3.05, 3.63) is 47.3 Å². The molecule has 0 saturated heterocycles. The molecule has 130 valence electrons. The number of hydrogen-bond acceptors (Lipinski definition) is 3. The van der Waals surface area contributed by atoms with Gasteiger partial charge >= 0.3 is 5.37 Å². The lowest BCUT2D eigenvalue weighted by Crippen LogP contribution is -2.25. The van der Waals surface area contributed by atoms with Gasteiger partial charge in [-0.3, -0.25) is 14.4 Å². The van der Waals surface area contributed by atoms with Crippen LogP contribution in [0, 0.1) is 24.2 Å². The third kappa shape index (κ3) is 4.02. The van der Waals surface area contributed by atoms with Crippen LogP contribution in [-0.2, 0) is 13.1 Å². The van der Waals surface area contributed by atoms with Crippen LogP contribution in [0.4, 0.5) is 10.5 Å². The van der Waals surface area contributed by atoms with Crippen LogP contribution < -0.4 is 4.90 Å². The smallest absolute Gasteiger partial charge is 0.291 e. The van der Waals surface area contributed by atoms with Crippen molar-refractivity contribution in [2.75, 3.05) is 4.90 Å². The van der Waals surface area contributed by atoms with E-state index in [0.29, 0.717) is 18.0 Å². The highest BCUT2D eigenvalue weighted by Crippen LogP contribution is 2.29. The average Bonchev–Trinajstić information content (AvgIpc) is 3.24. The zero-order valence-electron chi connectivity index (χ0n) is 14.3. The minimum absolute atomic E-state index is 0.313. The quantitative estimate of drug-likeness (QED) is 0.580. The van der Waals surface area contributed by atoms with E-state index in [1.165, 1.54) is 30.6 Å². The minimum Gasteiger partial charge on any atom is -0.291 e. The molecule has 0 aliphatic heterocycles. The third-order valence-corrected chi connectivity index (χ3v) is 5.09. The zero-order valence-corrected chi connectivity index (χ0v) is 15.0. The van der Waals surface area contributed by atoms with Crippen molar-refractivity contribution in [1.82, 2.24) is 9.78 Å². The predicted octanol–water partition coefficient (Wildman–Crippen LogP) is 4.62. The second-order valence-corrected chi connectivity index (χ2v) is 6.92. The van der Waals surface area contributed by atoms with Gasteiger partial charge in [-0.25, -0.2) is 0 Å². The molecule has 1 saturated carbocycles. The SMILES string of the molecule is Cc1c(N(Cc2cccc(C#N)c2)C(=O)Cl)cnn1CC1CCCC1. The molecule has 0 spiro atoms. The highest BCUT2D eigenvalue weighted by Gasteiger charge is 2.22. The van der Waals surface area contributed by atoms with Gasteiger partial charge in [0.1, 0.15) is 0 Å². The van der Waals surface area contributed by atoms with Gasteiger partial charge in [-0.2, -0.15) is 10.4 Å². The van der Waals surface area contributed by atoms with Crippen molar-refractivity contribution < 1.29 is 4.79 Å². The number of halogens is 1. The third-order valence-electron chi connectivity index (χ3n) is 4.88. The molecule has 0 unspecified atom stereocenters. The Balaban J connectivity index is 1.82. The first-order chi connectivity index (χ1) is 12.1. The zero-order chi connectivity index (χ0) is 17.8. The number of benzene rings is 1. The molecule has 1 aromatic carbocycles. The number of nitrogens with zero attached hydrogens (tertiary/aromatic N) is 4. The monoisotopic (exact) mass is 356 g/mol. The van der Waals surface area contributed by atoms with Crippen LogP contribution in [0.5, 0.6) is 0 Å². The molecule has 2 aromatic rings. The molecular formula is C19H21ClN4O. The Morgan fingerprint density at radius 3 is 2.88 bits per heavy atom. The van der Waals surface area contributed by atoms with Gasteiger partial charge in [-0.05, 0) is 55.0 Å². The number of anilines is 1. The van der Waals surface area contributed by atoms with Crippen molar-refractivity contribution in [1.29, 1.82) is 5.26 Å². The lowest BCUT2D eigenvalue weighted by Gasteiger charge is -2.20. The first-order valence-electron chi connectivity index (χ1n) is 8.57. The fraction of sp³-hybridized carbons (Fsp3) is 0.421. The van der Waals surface area contributed by atoms with Gasteiger partial charge in [0.05, 0.1) is 35.8 Å². The fourth-order valence-electron chi connectivity index (χ4n) is 3.49. The molecule has 1 aliphatic carbocycles. The highest BCUT2D eigenvalue weighted by atomic mass is 35.5. The lowest BCUT2D eigenvalue weighted by molar-refractivity contribution is 0.264. The average molecular weight is 357 g/mol. The molecule has 1 amide bonds. The Hall–Kier alpha value is -2.32. The van der Waals surface area contributed by atoms with E-state index in [-0.39, 0.29) is 0 Å². The number of amides is 1. The van der Waals surface area contributed by atoms with Gasteiger partial charge in [0, 0.05) is 6.54 Å². The van der Waals surface area contributed by atoms with Gasteiger partial charge < -0.3 is 0 Å². The Morgan fingerprint density at radius 2 is 2.20 bits per heavy atom. The normalized spacial score (nSPS) is 14.4. The van der Waals surface area contributed by atoms with Crippen molar-refractivity contribution in [3.8, 4) is 6.07 Å². The second kappa shape index (κ2) is 7.71. The second-order valence-electron chi connectivity index (χ2n) is 6.60. The summed E-state index contributed by atoms with van der Waals surface area (Å²) in [6.07, 6.45) is 6.78. The van der Waals surface area contributed by atoms with Gasteiger partial charge in [-0.1, -0.05) is 25.0 Å². The Labute approximate surface area is 152 Å². The molecule has 25 heavy (non-hydrogen) atoms. The number of nitriles is 1. The van der Waals surface area contributed by atoms with Gasteiger partial charge in [0.15, 0.2) is 0 Å². The molecule has 1 aromatic heterocycles. The van der Waals surface area contributed by atoms with Crippen LogP contribution in [0.15, 0.2) is 30.5 Å². The Bertz CT molecular complexity index is 802. The molecule has 3 rings (SSSR count). The summed E-state index contributed by atoms with van der Waals surface area (Å²) in [5, 5.41) is 13.0. The maximum atomic E-state index is 12.0. The fourth-order valence-corrected chi connectivity index (χ4v) is 3.64. The molecule has 0 radical (unpaired) electrons. The van der Waals surface area contributed by atoms with Crippen LogP contribution >= 0.6 is 11.6 Å². The Kier molecular flexibility index (Phi) is 5.40. The van der Waals surface area contributed by atoms with Crippen LogP contribution in [0.2, 0.25) is 0 Å². The van der Waals surface area contributed by atoms with E-state index in [9.17, 15) is 4.79 Å². The number of rotatable bonds is 5. The molecule has 5 nitrogen and oxygen atoms in total. The largest absolute Gasteiger partial charge is 0.321 e. The summed E-state index contributed by atoms with van der Waals surface area (Å²) in [5.41, 5.74) is 3.09. The van der Waals surface area contributed by atoms with E-state index < -0.39 is 5.37 Å². The number of carbonyl (C=O) groups excluding carboxylic acids is 1. The maximum Gasteiger partial charge on any atom is 0.321 e. The molecule has 0 bridgehead atoms. The molecular weight excluding hydrogens is 336 g/mol. The van der Waals surface area contributed by atoms with Crippen LogP contribution in [-0.4, -0.2) is 15.1 Å². The van der Waals surface area contributed by atoms with Crippen molar-refractivity contribution in [2.45, 2.75) is 45.7 Å². The van der Waals surface area contributed by atoms with E-state index in [1.807, 2.05) is 17.7 Å². The van der Waals surface area contributed by atoms with E-state index in [0.717, 1.165) is 23.5 Å². The Morgan fingerprint density at radius 1 is 1.44 bits per heavy atom.